The summed E-state index contributed by atoms with van der Waals surface area (Å²) in [7, 11) is 0. The molecule has 2 amide bonds. The molecule has 2 aromatic rings. The summed E-state index contributed by atoms with van der Waals surface area (Å²) in [5, 5.41) is 3.32. The van der Waals surface area contributed by atoms with E-state index in [9.17, 15) is 14.4 Å². The molecule has 7 heteroatoms. The molecule has 0 unspecified atom stereocenters. The molecule has 0 bridgehead atoms. The number of carbonyl (C=O) groups excluding carboxylic acids is 3. The first kappa shape index (κ1) is 19.9. The molecule has 2 aromatic carbocycles. The minimum absolute atomic E-state index is 0.116. The molecular weight excluding hydrogens is 380 g/mol. The number of rotatable bonds is 7. The van der Waals surface area contributed by atoms with Gasteiger partial charge in [-0.1, -0.05) is 11.6 Å². The first-order valence-corrected chi connectivity index (χ1v) is 9.55. The van der Waals surface area contributed by atoms with Gasteiger partial charge in [-0.3, -0.25) is 14.4 Å². The standard InChI is InChI=1S/C21H21ClN2O4/c22-16-7-5-15(6-8-16)21(27)23-13-1-4-20(26)28-18-11-9-17(10-12-18)24-14-2-3-19(24)25/h5-12H,1-4,13-14H2,(H,23,27). The predicted molar refractivity (Wildman–Crippen MR) is 107 cm³/mol. The maximum Gasteiger partial charge on any atom is 0.311 e. The highest BCUT2D eigenvalue weighted by Gasteiger charge is 2.21. The third-order valence-electron chi connectivity index (χ3n) is 4.40. The molecule has 146 valence electrons. The second-order valence-electron chi connectivity index (χ2n) is 6.48. The highest BCUT2D eigenvalue weighted by molar-refractivity contribution is 6.30. The molecule has 0 radical (unpaired) electrons. The van der Waals surface area contributed by atoms with E-state index in [1.165, 1.54) is 0 Å². The Hall–Kier alpha value is -2.86. The number of anilines is 1. The van der Waals surface area contributed by atoms with Gasteiger partial charge in [-0.05, 0) is 61.4 Å². The summed E-state index contributed by atoms with van der Waals surface area (Å²) in [6, 6.07) is 13.5. The van der Waals surface area contributed by atoms with Crippen molar-refractivity contribution >= 4 is 35.1 Å². The molecule has 1 aliphatic rings. The zero-order chi connectivity index (χ0) is 19.9. The van der Waals surface area contributed by atoms with Crippen molar-refractivity contribution in [2.75, 3.05) is 18.0 Å². The molecular formula is C21H21ClN2O4. The van der Waals surface area contributed by atoms with Crippen LogP contribution in [0.15, 0.2) is 48.5 Å². The second kappa shape index (κ2) is 9.37. The third-order valence-corrected chi connectivity index (χ3v) is 4.66. The summed E-state index contributed by atoms with van der Waals surface area (Å²) in [4.78, 5) is 37.4. The number of halogens is 1. The molecule has 3 rings (SSSR count). The molecule has 0 aromatic heterocycles. The van der Waals surface area contributed by atoms with Crippen molar-refractivity contribution in [2.45, 2.75) is 25.7 Å². The van der Waals surface area contributed by atoms with E-state index >= 15 is 0 Å². The number of carbonyl (C=O) groups is 3. The van der Waals surface area contributed by atoms with Gasteiger partial charge < -0.3 is 15.0 Å². The zero-order valence-electron chi connectivity index (χ0n) is 15.3. The van der Waals surface area contributed by atoms with Gasteiger partial charge in [-0.15, -0.1) is 0 Å². The van der Waals surface area contributed by atoms with Gasteiger partial charge in [0.05, 0.1) is 0 Å². The molecule has 1 N–H and O–H groups in total. The fraction of sp³-hybridized carbons (Fsp3) is 0.286. The molecule has 0 atom stereocenters. The average Bonchev–Trinajstić information content (AvgIpc) is 3.12. The Morgan fingerprint density at radius 3 is 2.43 bits per heavy atom. The predicted octanol–water partition coefficient (Wildman–Crippen LogP) is 3.58. The molecule has 1 fully saturated rings. The van der Waals surface area contributed by atoms with Crippen LogP contribution in [0.4, 0.5) is 5.69 Å². The summed E-state index contributed by atoms with van der Waals surface area (Å²) >= 11 is 5.79. The van der Waals surface area contributed by atoms with Crippen LogP contribution < -0.4 is 15.0 Å². The van der Waals surface area contributed by atoms with E-state index in [0.717, 1.165) is 18.7 Å². The first-order chi connectivity index (χ1) is 13.5. The highest BCUT2D eigenvalue weighted by atomic mass is 35.5. The van der Waals surface area contributed by atoms with Crippen LogP contribution in [0, 0.1) is 0 Å². The van der Waals surface area contributed by atoms with Crippen LogP contribution >= 0.6 is 11.6 Å². The summed E-state index contributed by atoms with van der Waals surface area (Å²) in [5.41, 5.74) is 1.33. The Kier molecular flexibility index (Phi) is 6.66. The van der Waals surface area contributed by atoms with E-state index in [0.29, 0.717) is 35.7 Å². The maximum absolute atomic E-state index is 12.0. The highest BCUT2D eigenvalue weighted by Crippen LogP contribution is 2.24. The lowest BCUT2D eigenvalue weighted by Gasteiger charge is -2.15. The smallest absolute Gasteiger partial charge is 0.311 e. The third kappa shape index (κ3) is 5.33. The van der Waals surface area contributed by atoms with E-state index in [2.05, 4.69) is 5.32 Å². The van der Waals surface area contributed by atoms with E-state index in [1.807, 2.05) is 0 Å². The maximum atomic E-state index is 12.0. The Labute approximate surface area is 168 Å². The van der Waals surface area contributed by atoms with Crippen molar-refractivity contribution < 1.29 is 19.1 Å². The lowest BCUT2D eigenvalue weighted by atomic mass is 10.2. The number of nitrogens with zero attached hydrogens (tertiary/aromatic N) is 1. The molecule has 0 aliphatic carbocycles. The fourth-order valence-electron chi connectivity index (χ4n) is 2.94. The van der Waals surface area contributed by atoms with Crippen molar-refractivity contribution in [1.82, 2.24) is 5.32 Å². The van der Waals surface area contributed by atoms with E-state index < -0.39 is 0 Å². The summed E-state index contributed by atoms with van der Waals surface area (Å²) in [5.74, 6) is -0.0289. The van der Waals surface area contributed by atoms with Gasteiger partial charge in [0.2, 0.25) is 5.91 Å². The van der Waals surface area contributed by atoms with Gasteiger partial charge in [-0.25, -0.2) is 0 Å². The number of amides is 2. The van der Waals surface area contributed by atoms with Crippen LogP contribution in [0.5, 0.6) is 5.75 Å². The lowest BCUT2D eigenvalue weighted by Crippen LogP contribution is -2.25. The largest absolute Gasteiger partial charge is 0.427 e. The monoisotopic (exact) mass is 400 g/mol. The van der Waals surface area contributed by atoms with E-state index in [4.69, 9.17) is 16.3 Å². The van der Waals surface area contributed by atoms with Crippen LogP contribution in [0.1, 0.15) is 36.0 Å². The molecule has 1 heterocycles. The van der Waals surface area contributed by atoms with Crippen LogP contribution in [0.3, 0.4) is 0 Å². The van der Waals surface area contributed by atoms with Crippen LogP contribution in [0.2, 0.25) is 5.02 Å². The first-order valence-electron chi connectivity index (χ1n) is 9.18. The number of nitrogens with one attached hydrogen (secondary N) is 1. The number of ether oxygens (including phenoxy) is 1. The number of esters is 1. The number of benzene rings is 2. The van der Waals surface area contributed by atoms with Gasteiger partial charge in [0.1, 0.15) is 5.75 Å². The van der Waals surface area contributed by atoms with Gasteiger partial charge in [-0.2, -0.15) is 0 Å². The Morgan fingerprint density at radius 2 is 1.79 bits per heavy atom. The SMILES string of the molecule is O=C(CCCNC(=O)c1ccc(Cl)cc1)Oc1ccc(N2CCCC2=O)cc1. The van der Waals surface area contributed by atoms with Crippen molar-refractivity contribution in [3.8, 4) is 5.75 Å². The van der Waals surface area contributed by atoms with Crippen molar-refractivity contribution in [2.24, 2.45) is 0 Å². The Bertz CT molecular complexity index is 850. The quantitative estimate of drug-likeness (QED) is 0.438. The minimum Gasteiger partial charge on any atom is -0.427 e. The minimum atomic E-state index is -0.370. The lowest BCUT2D eigenvalue weighted by molar-refractivity contribution is -0.134. The fourth-order valence-corrected chi connectivity index (χ4v) is 3.06. The molecule has 6 nitrogen and oxygen atoms in total. The number of hydrogen-bond donors (Lipinski definition) is 1. The summed E-state index contributed by atoms with van der Waals surface area (Å²) in [6.45, 7) is 1.09. The van der Waals surface area contributed by atoms with Crippen LogP contribution in [0.25, 0.3) is 0 Å². The number of hydrogen-bond acceptors (Lipinski definition) is 4. The van der Waals surface area contributed by atoms with E-state index in [1.54, 1.807) is 53.4 Å². The summed E-state index contributed by atoms with van der Waals surface area (Å²) < 4.78 is 5.29. The molecule has 28 heavy (non-hydrogen) atoms. The average molecular weight is 401 g/mol. The molecule has 1 aliphatic heterocycles. The molecule has 1 saturated heterocycles. The van der Waals surface area contributed by atoms with Crippen LogP contribution in [-0.4, -0.2) is 30.9 Å². The van der Waals surface area contributed by atoms with Crippen molar-refractivity contribution in [1.29, 1.82) is 0 Å². The second-order valence-corrected chi connectivity index (χ2v) is 6.92. The van der Waals surface area contributed by atoms with Crippen LogP contribution in [-0.2, 0) is 9.59 Å². The molecule has 0 saturated carbocycles. The zero-order valence-corrected chi connectivity index (χ0v) is 16.1. The van der Waals surface area contributed by atoms with Gasteiger partial charge in [0, 0.05) is 42.2 Å². The van der Waals surface area contributed by atoms with Gasteiger partial charge in [0.15, 0.2) is 0 Å². The topological polar surface area (TPSA) is 75.7 Å². The summed E-state index contributed by atoms with van der Waals surface area (Å²) in [6.07, 6.45) is 2.10. The van der Waals surface area contributed by atoms with Crippen molar-refractivity contribution in [3.63, 3.8) is 0 Å². The Balaban J connectivity index is 1.39. The van der Waals surface area contributed by atoms with E-state index in [-0.39, 0.29) is 24.2 Å². The molecule has 0 spiro atoms. The normalized spacial score (nSPS) is 13.5. The van der Waals surface area contributed by atoms with Gasteiger partial charge in [0.25, 0.3) is 5.91 Å². The van der Waals surface area contributed by atoms with Crippen molar-refractivity contribution in [3.05, 3.63) is 59.1 Å². The Morgan fingerprint density at radius 1 is 1.07 bits per heavy atom. The van der Waals surface area contributed by atoms with Gasteiger partial charge >= 0.3 is 5.97 Å².